The first-order valence-electron chi connectivity index (χ1n) is 4.84. The Balaban J connectivity index is 2.19. The topological polar surface area (TPSA) is 40.5 Å². The molecule has 0 aliphatic carbocycles. The van der Waals surface area contributed by atoms with Crippen molar-refractivity contribution in [1.82, 2.24) is 4.90 Å². The van der Waals surface area contributed by atoms with Gasteiger partial charge in [-0.3, -0.25) is 4.79 Å². The van der Waals surface area contributed by atoms with Crippen LogP contribution in [0.1, 0.15) is 19.8 Å². The number of aliphatic hydroxyl groups is 1. The molecule has 13 heavy (non-hydrogen) atoms. The molecular formula is C10H15NO2. The molecule has 0 bridgehead atoms. The van der Waals surface area contributed by atoms with Crippen LogP contribution < -0.4 is 0 Å². The number of hydrogen-bond donors (Lipinski definition) is 1. The molecule has 0 spiro atoms. The second kappa shape index (κ2) is 3.14. The Labute approximate surface area is 78.0 Å². The van der Waals surface area contributed by atoms with Crippen LogP contribution in [0.25, 0.3) is 0 Å². The van der Waals surface area contributed by atoms with E-state index in [4.69, 9.17) is 0 Å². The average molecular weight is 181 g/mol. The highest BCUT2D eigenvalue weighted by Gasteiger charge is 2.46. The van der Waals surface area contributed by atoms with E-state index in [1.165, 1.54) is 0 Å². The zero-order valence-corrected chi connectivity index (χ0v) is 7.81. The molecule has 72 valence electrons. The van der Waals surface area contributed by atoms with Gasteiger partial charge in [-0.15, -0.1) is 0 Å². The number of amides is 1. The van der Waals surface area contributed by atoms with E-state index in [-0.39, 0.29) is 24.0 Å². The lowest BCUT2D eigenvalue weighted by Crippen LogP contribution is -2.34. The minimum Gasteiger partial charge on any atom is -0.391 e. The number of allylic oxidation sites excluding steroid dienone is 1. The fourth-order valence-electron chi connectivity index (χ4n) is 2.48. The third-order valence-electron chi connectivity index (χ3n) is 3.03. The normalized spacial score (nSPS) is 39.1. The standard InChI is InChI=1S/C10H15NO2/c1-2-3-7-6-9(13)11-5-4-8(12)10(7)11/h2-3,7-8,10,12H,4-6H2,1H3/b3-2+/t7-,8+,10-/m0/s1. The van der Waals surface area contributed by atoms with Crippen LogP contribution in [0.2, 0.25) is 0 Å². The molecule has 3 atom stereocenters. The Morgan fingerprint density at radius 3 is 3.08 bits per heavy atom. The third kappa shape index (κ3) is 1.27. The van der Waals surface area contributed by atoms with E-state index in [9.17, 15) is 9.90 Å². The molecule has 0 aromatic carbocycles. The summed E-state index contributed by atoms with van der Waals surface area (Å²) in [7, 11) is 0. The van der Waals surface area contributed by atoms with Crippen molar-refractivity contribution in [1.29, 1.82) is 0 Å². The highest BCUT2D eigenvalue weighted by molar-refractivity contribution is 5.80. The second-order valence-electron chi connectivity index (χ2n) is 3.83. The van der Waals surface area contributed by atoms with E-state index in [1.54, 1.807) is 0 Å². The Morgan fingerprint density at radius 1 is 1.62 bits per heavy atom. The Hall–Kier alpha value is -0.830. The van der Waals surface area contributed by atoms with Crippen molar-refractivity contribution in [3.05, 3.63) is 12.2 Å². The molecule has 0 saturated carbocycles. The molecule has 2 fully saturated rings. The smallest absolute Gasteiger partial charge is 0.223 e. The van der Waals surface area contributed by atoms with E-state index < -0.39 is 0 Å². The predicted octanol–water partition coefficient (Wildman–Crippen LogP) is 0.544. The average Bonchev–Trinajstić information content (AvgIpc) is 2.58. The third-order valence-corrected chi connectivity index (χ3v) is 3.03. The summed E-state index contributed by atoms with van der Waals surface area (Å²) < 4.78 is 0. The molecule has 0 aromatic heterocycles. The number of carbonyl (C=O) groups is 1. The SMILES string of the molecule is C/C=C/[C@H]1CC(=O)N2CC[C@@H](O)[C@H]12. The summed E-state index contributed by atoms with van der Waals surface area (Å²) >= 11 is 0. The van der Waals surface area contributed by atoms with Gasteiger partial charge in [-0.25, -0.2) is 0 Å². The van der Waals surface area contributed by atoms with Crippen LogP contribution in [-0.4, -0.2) is 34.6 Å². The van der Waals surface area contributed by atoms with Gasteiger partial charge in [-0.1, -0.05) is 12.2 Å². The maximum Gasteiger partial charge on any atom is 0.223 e. The van der Waals surface area contributed by atoms with Gasteiger partial charge in [-0.2, -0.15) is 0 Å². The van der Waals surface area contributed by atoms with Crippen molar-refractivity contribution in [2.45, 2.75) is 31.9 Å². The van der Waals surface area contributed by atoms with E-state index >= 15 is 0 Å². The van der Waals surface area contributed by atoms with E-state index in [1.807, 2.05) is 24.0 Å². The summed E-state index contributed by atoms with van der Waals surface area (Å²) in [6.07, 6.45) is 5.01. The van der Waals surface area contributed by atoms with E-state index in [2.05, 4.69) is 0 Å². The van der Waals surface area contributed by atoms with Crippen LogP contribution in [0, 0.1) is 5.92 Å². The van der Waals surface area contributed by atoms with Crippen LogP contribution >= 0.6 is 0 Å². The van der Waals surface area contributed by atoms with E-state index in [0.29, 0.717) is 6.42 Å². The van der Waals surface area contributed by atoms with Gasteiger partial charge in [0.2, 0.25) is 5.91 Å². The fourth-order valence-corrected chi connectivity index (χ4v) is 2.48. The maximum absolute atomic E-state index is 11.5. The summed E-state index contributed by atoms with van der Waals surface area (Å²) in [6.45, 7) is 2.69. The Morgan fingerprint density at radius 2 is 2.38 bits per heavy atom. The second-order valence-corrected chi connectivity index (χ2v) is 3.83. The highest BCUT2D eigenvalue weighted by Crippen LogP contribution is 2.34. The lowest BCUT2D eigenvalue weighted by molar-refractivity contribution is -0.128. The Bertz CT molecular complexity index is 249. The predicted molar refractivity (Wildman–Crippen MR) is 49.0 cm³/mol. The van der Waals surface area contributed by atoms with Gasteiger partial charge in [0, 0.05) is 18.9 Å². The molecule has 2 aliphatic rings. The molecule has 3 nitrogen and oxygen atoms in total. The molecule has 0 aromatic rings. The summed E-state index contributed by atoms with van der Waals surface area (Å²) in [5.74, 6) is 0.430. The Kier molecular flexibility index (Phi) is 2.12. The molecule has 2 heterocycles. The number of rotatable bonds is 1. The van der Waals surface area contributed by atoms with Crippen molar-refractivity contribution in [3.8, 4) is 0 Å². The van der Waals surface area contributed by atoms with Crippen LogP contribution in [-0.2, 0) is 4.79 Å². The quantitative estimate of drug-likeness (QED) is 0.600. The number of hydrogen-bond acceptors (Lipinski definition) is 2. The van der Waals surface area contributed by atoms with Crippen LogP contribution in [0.15, 0.2) is 12.2 Å². The first-order chi connectivity index (χ1) is 6.24. The largest absolute Gasteiger partial charge is 0.391 e. The number of aliphatic hydroxyl groups excluding tert-OH is 1. The van der Waals surface area contributed by atoms with Crippen LogP contribution in [0.3, 0.4) is 0 Å². The van der Waals surface area contributed by atoms with Crippen molar-refractivity contribution in [2.24, 2.45) is 5.92 Å². The molecule has 3 heteroatoms. The first-order valence-corrected chi connectivity index (χ1v) is 4.84. The first kappa shape index (κ1) is 8.75. The number of nitrogens with zero attached hydrogens (tertiary/aromatic N) is 1. The van der Waals surface area contributed by atoms with Gasteiger partial charge in [0.25, 0.3) is 0 Å². The van der Waals surface area contributed by atoms with Gasteiger partial charge in [-0.05, 0) is 13.3 Å². The molecule has 1 N–H and O–H groups in total. The maximum atomic E-state index is 11.5. The summed E-state index contributed by atoms with van der Waals surface area (Å²) in [6, 6.07) is 0.0590. The van der Waals surface area contributed by atoms with E-state index in [0.717, 1.165) is 13.0 Å². The molecular weight excluding hydrogens is 166 g/mol. The lowest BCUT2D eigenvalue weighted by Gasteiger charge is -2.20. The minimum absolute atomic E-state index is 0.0590. The molecule has 0 unspecified atom stereocenters. The fraction of sp³-hybridized carbons (Fsp3) is 0.700. The van der Waals surface area contributed by atoms with Gasteiger partial charge in [0.15, 0.2) is 0 Å². The summed E-state index contributed by atoms with van der Waals surface area (Å²) in [5, 5.41) is 9.69. The summed E-state index contributed by atoms with van der Waals surface area (Å²) in [5.41, 5.74) is 0. The van der Waals surface area contributed by atoms with Crippen molar-refractivity contribution >= 4 is 5.91 Å². The van der Waals surface area contributed by atoms with Crippen molar-refractivity contribution in [3.63, 3.8) is 0 Å². The minimum atomic E-state index is -0.312. The lowest BCUT2D eigenvalue weighted by atomic mass is 9.96. The van der Waals surface area contributed by atoms with Gasteiger partial charge >= 0.3 is 0 Å². The van der Waals surface area contributed by atoms with Crippen LogP contribution in [0.5, 0.6) is 0 Å². The molecule has 2 saturated heterocycles. The zero-order valence-electron chi connectivity index (χ0n) is 7.81. The molecule has 1 amide bonds. The highest BCUT2D eigenvalue weighted by atomic mass is 16.3. The molecule has 2 aliphatic heterocycles. The zero-order chi connectivity index (χ0) is 9.42. The van der Waals surface area contributed by atoms with Crippen molar-refractivity contribution in [2.75, 3.05) is 6.54 Å². The number of carbonyl (C=O) groups excluding carboxylic acids is 1. The monoisotopic (exact) mass is 181 g/mol. The molecule has 2 rings (SSSR count). The van der Waals surface area contributed by atoms with Gasteiger partial charge < -0.3 is 10.0 Å². The van der Waals surface area contributed by atoms with Crippen LogP contribution in [0.4, 0.5) is 0 Å². The van der Waals surface area contributed by atoms with Crippen molar-refractivity contribution < 1.29 is 9.90 Å². The summed E-state index contributed by atoms with van der Waals surface area (Å²) in [4.78, 5) is 13.3. The van der Waals surface area contributed by atoms with Gasteiger partial charge in [0.05, 0.1) is 12.1 Å². The number of fused-ring (bicyclic) bond motifs is 1. The van der Waals surface area contributed by atoms with Gasteiger partial charge in [0.1, 0.15) is 0 Å². The molecule has 0 radical (unpaired) electrons.